The Bertz CT molecular complexity index is 1270. The van der Waals surface area contributed by atoms with Crippen molar-refractivity contribution in [3.63, 3.8) is 0 Å². The first kappa shape index (κ1) is 28.7. The highest BCUT2D eigenvalue weighted by Crippen LogP contribution is 2.25. The van der Waals surface area contributed by atoms with Crippen LogP contribution < -0.4 is 20.9 Å². The van der Waals surface area contributed by atoms with Crippen LogP contribution in [0.4, 0.5) is 11.4 Å². The van der Waals surface area contributed by atoms with Gasteiger partial charge >= 0.3 is 0 Å². The summed E-state index contributed by atoms with van der Waals surface area (Å²) in [4.78, 5) is 36.4. The Balaban J connectivity index is 0.000000230. The minimum atomic E-state index is -0.599. The van der Waals surface area contributed by atoms with Gasteiger partial charge in [-0.1, -0.05) is 17.8 Å². The summed E-state index contributed by atoms with van der Waals surface area (Å²) < 4.78 is 0. The lowest BCUT2D eigenvalue weighted by atomic mass is 10.1. The molecule has 3 N–H and O–H groups in total. The second-order valence-corrected chi connectivity index (χ2v) is 9.78. The van der Waals surface area contributed by atoms with Gasteiger partial charge in [-0.3, -0.25) is 19.6 Å². The minimum absolute atomic E-state index is 0.149. The van der Waals surface area contributed by atoms with Crippen molar-refractivity contribution >= 4 is 52.8 Å². The van der Waals surface area contributed by atoms with Crippen LogP contribution in [0.5, 0.6) is 0 Å². The van der Waals surface area contributed by atoms with Crippen molar-refractivity contribution < 1.29 is 9.59 Å². The molecule has 0 saturated carbocycles. The first-order chi connectivity index (χ1) is 18.4. The highest BCUT2D eigenvalue weighted by Gasteiger charge is 2.14. The number of hydrogen-bond acceptors (Lipinski definition) is 9. The molecule has 1 amide bonds. The zero-order chi connectivity index (χ0) is 27.5. The normalized spacial score (nSPS) is 14.1. The second-order valence-electron chi connectivity index (χ2n) is 8.83. The van der Waals surface area contributed by atoms with Crippen LogP contribution in [0, 0.1) is 0 Å². The van der Waals surface area contributed by atoms with Crippen LogP contribution in [0.1, 0.15) is 10.4 Å². The number of anilines is 2. The average molecular weight is 534 g/mol. The van der Waals surface area contributed by atoms with Crippen LogP contribution in [0.2, 0.25) is 0 Å². The lowest BCUT2D eigenvalue weighted by Crippen LogP contribution is -2.44. The molecule has 0 spiro atoms. The van der Waals surface area contributed by atoms with Crippen molar-refractivity contribution in [2.45, 2.75) is 0 Å². The van der Waals surface area contributed by atoms with Gasteiger partial charge in [-0.2, -0.15) is 0 Å². The molecule has 4 rings (SSSR count). The number of nitrogens with two attached hydrogens (primary N) is 1. The molecule has 10 heteroatoms. The maximum absolute atomic E-state index is 11.3. The number of pyridine rings is 1. The SMILES string of the molecule is C=N/C(C(N)=O)=C(/NC)SCN(C)c1ccc2cnccc2c1.CN1CCN(c2ccc(C=O)cc2)CC1. The fraction of sp³-hybridized carbons (Fsp3) is 0.286. The third kappa shape index (κ3) is 7.80. The number of aldehydes is 1. The van der Waals surface area contributed by atoms with Crippen LogP contribution in [-0.2, 0) is 4.79 Å². The number of primary amides is 1. The van der Waals surface area contributed by atoms with Gasteiger partial charge in [0.15, 0.2) is 5.70 Å². The monoisotopic (exact) mass is 533 g/mol. The topological polar surface area (TPSA) is 107 Å². The van der Waals surface area contributed by atoms with E-state index in [9.17, 15) is 9.59 Å². The van der Waals surface area contributed by atoms with E-state index in [4.69, 9.17) is 5.73 Å². The number of nitrogens with one attached hydrogen (secondary N) is 1. The fourth-order valence-corrected chi connectivity index (χ4v) is 4.81. The molecule has 1 fully saturated rings. The van der Waals surface area contributed by atoms with Gasteiger partial charge in [0.1, 0.15) is 11.3 Å². The molecule has 2 heterocycles. The molecule has 0 radical (unpaired) electrons. The number of nitrogens with zero attached hydrogens (tertiary/aromatic N) is 5. The van der Waals surface area contributed by atoms with Crippen LogP contribution in [0.15, 0.2) is 76.6 Å². The zero-order valence-electron chi connectivity index (χ0n) is 22.1. The molecule has 9 nitrogen and oxygen atoms in total. The number of fused-ring (bicyclic) bond motifs is 1. The van der Waals surface area contributed by atoms with Crippen molar-refractivity contribution in [1.82, 2.24) is 15.2 Å². The standard InChI is InChI=1S/C16H19N5OS.C12H16N2O/c1-18-14(15(17)22)16(19-2)23-10-21(3)13-5-4-12-9-20-7-6-11(12)8-13;1-13-6-8-14(9-7-13)12-4-2-11(10-15)3-5-12/h4-9,19H,1,10H2,2-3H3,(H2,17,22);2-5,10H,6-9H2,1H3/b16-14-;. The number of aliphatic imine (C=N–C) groups is 1. The molecule has 0 atom stereocenters. The first-order valence-corrected chi connectivity index (χ1v) is 13.2. The first-order valence-electron chi connectivity index (χ1n) is 12.2. The van der Waals surface area contributed by atoms with E-state index in [1.165, 1.54) is 17.4 Å². The van der Waals surface area contributed by atoms with E-state index < -0.39 is 5.91 Å². The third-order valence-electron chi connectivity index (χ3n) is 6.20. The Labute approximate surface area is 228 Å². The molecular weight excluding hydrogens is 498 g/mol. The molecule has 1 aliphatic rings. The molecule has 1 aliphatic heterocycles. The van der Waals surface area contributed by atoms with Crippen molar-refractivity contribution in [2.75, 3.05) is 63.0 Å². The van der Waals surface area contributed by atoms with Crippen LogP contribution in [0.3, 0.4) is 0 Å². The van der Waals surface area contributed by atoms with Crippen LogP contribution >= 0.6 is 11.8 Å². The number of amides is 1. The summed E-state index contributed by atoms with van der Waals surface area (Å²) in [6, 6.07) is 15.9. The summed E-state index contributed by atoms with van der Waals surface area (Å²) in [5.41, 5.74) is 8.48. The number of carbonyl (C=O) groups excluding carboxylic acids is 2. The van der Waals surface area contributed by atoms with Gasteiger partial charge in [0.05, 0.1) is 5.88 Å². The smallest absolute Gasteiger partial charge is 0.269 e. The Morgan fingerprint density at radius 1 is 1.16 bits per heavy atom. The summed E-state index contributed by atoms with van der Waals surface area (Å²) in [5, 5.41) is 5.77. The van der Waals surface area contributed by atoms with E-state index in [2.05, 4.69) is 49.8 Å². The number of rotatable bonds is 9. The maximum atomic E-state index is 11.3. The predicted octanol–water partition coefficient (Wildman–Crippen LogP) is 3.19. The molecule has 38 heavy (non-hydrogen) atoms. The molecule has 200 valence electrons. The Kier molecular flexibility index (Phi) is 10.7. The van der Waals surface area contributed by atoms with Gasteiger partial charge in [-0.25, -0.2) is 0 Å². The van der Waals surface area contributed by atoms with Crippen molar-refractivity contribution in [1.29, 1.82) is 0 Å². The summed E-state index contributed by atoms with van der Waals surface area (Å²) in [6.07, 6.45) is 4.50. The van der Waals surface area contributed by atoms with Crippen LogP contribution in [0.25, 0.3) is 10.8 Å². The zero-order valence-corrected chi connectivity index (χ0v) is 22.9. The lowest BCUT2D eigenvalue weighted by molar-refractivity contribution is -0.114. The number of aromatic nitrogens is 1. The number of piperazine rings is 1. The number of carbonyl (C=O) groups is 2. The van der Waals surface area contributed by atoms with E-state index in [0.29, 0.717) is 10.9 Å². The fourth-order valence-electron chi connectivity index (χ4n) is 3.89. The van der Waals surface area contributed by atoms with E-state index >= 15 is 0 Å². The lowest BCUT2D eigenvalue weighted by Gasteiger charge is -2.34. The quantitative estimate of drug-likeness (QED) is 0.187. The van der Waals surface area contributed by atoms with E-state index in [-0.39, 0.29) is 5.70 Å². The largest absolute Gasteiger partial charge is 0.381 e. The number of benzene rings is 2. The molecule has 0 bridgehead atoms. The van der Waals surface area contributed by atoms with E-state index in [1.54, 1.807) is 13.2 Å². The summed E-state index contributed by atoms with van der Waals surface area (Å²) in [6.45, 7) is 7.73. The van der Waals surface area contributed by atoms with Gasteiger partial charge in [0.2, 0.25) is 0 Å². The summed E-state index contributed by atoms with van der Waals surface area (Å²) >= 11 is 1.44. The summed E-state index contributed by atoms with van der Waals surface area (Å²) in [5.74, 6) is 0.0247. The van der Waals surface area contributed by atoms with E-state index in [1.807, 2.05) is 55.7 Å². The van der Waals surface area contributed by atoms with Crippen LogP contribution in [-0.4, -0.2) is 82.0 Å². The Morgan fingerprint density at radius 3 is 2.47 bits per heavy atom. The minimum Gasteiger partial charge on any atom is -0.381 e. The van der Waals surface area contributed by atoms with Crippen molar-refractivity contribution in [3.8, 4) is 0 Å². The molecule has 1 saturated heterocycles. The third-order valence-corrected chi connectivity index (χ3v) is 7.40. The molecule has 2 aromatic carbocycles. The van der Waals surface area contributed by atoms with Crippen molar-refractivity contribution in [2.24, 2.45) is 10.7 Å². The molecular formula is C28H35N7O2S. The van der Waals surface area contributed by atoms with Crippen molar-refractivity contribution in [3.05, 3.63) is 77.2 Å². The number of likely N-dealkylation sites (N-methyl/N-ethyl adjacent to an activating group) is 1. The second kappa shape index (κ2) is 14.2. The molecule has 0 aliphatic carbocycles. The highest BCUT2D eigenvalue weighted by molar-refractivity contribution is 8.03. The van der Waals surface area contributed by atoms with Gasteiger partial charge in [-0.15, -0.1) is 0 Å². The molecule has 3 aromatic rings. The van der Waals surface area contributed by atoms with E-state index in [0.717, 1.165) is 54.5 Å². The highest BCUT2D eigenvalue weighted by atomic mass is 32.2. The molecule has 0 unspecified atom stereocenters. The number of hydrogen-bond donors (Lipinski definition) is 2. The predicted molar refractivity (Wildman–Crippen MR) is 159 cm³/mol. The maximum Gasteiger partial charge on any atom is 0.269 e. The average Bonchev–Trinajstić information content (AvgIpc) is 2.95. The van der Waals surface area contributed by atoms with Gasteiger partial charge < -0.3 is 25.8 Å². The summed E-state index contributed by atoms with van der Waals surface area (Å²) in [7, 11) is 5.85. The van der Waals surface area contributed by atoms with Gasteiger partial charge in [0, 0.05) is 75.0 Å². The Hall–Kier alpha value is -3.89. The van der Waals surface area contributed by atoms with Gasteiger partial charge in [-0.05, 0) is 61.6 Å². The Morgan fingerprint density at radius 2 is 1.87 bits per heavy atom. The number of thioether (sulfide) groups is 1. The van der Waals surface area contributed by atoms with Gasteiger partial charge in [0.25, 0.3) is 5.91 Å². The molecule has 1 aromatic heterocycles.